The first-order valence-electron chi connectivity index (χ1n) is 7.13. The molecule has 0 saturated carbocycles. The Balaban J connectivity index is 2.29. The molecule has 0 spiro atoms. The summed E-state index contributed by atoms with van der Waals surface area (Å²) in [6.45, 7) is 4.97. The van der Waals surface area contributed by atoms with Crippen LogP contribution in [0.2, 0.25) is 0 Å². The van der Waals surface area contributed by atoms with Gasteiger partial charge in [-0.15, -0.1) is 0 Å². The molecule has 1 aliphatic rings. The van der Waals surface area contributed by atoms with E-state index in [1.807, 2.05) is 6.92 Å². The van der Waals surface area contributed by atoms with Crippen LogP contribution in [0.25, 0.3) is 0 Å². The largest absolute Gasteiger partial charge is 0.459 e. The van der Waals surface area contributed by atoms with Gasteiger partial charge in [-0.1, -0.05) is 6.92 Å². The van der Waals surface area contributed by atoms with Gasteiger partial charge in [-0.05, 0) is 19.4 Å². The summed E-state index contributed by atoms with van der Waals surface area (Å²) in [5.74, 6) is -0.414. The van der Waals surface area contributed by atoms with Crippen molar-refractivity contribution in [1.82, 2.24) is 4.98 Å². The lowest BCUT2D eigenvalue weighted by Gasteiger charge is -2.46. The van der Waals surface area contributed by atoms with Crippen LogP contribution in [0, 0.1) is 0 Å². The van der Waals surface area contributed by atoms with Gasteiger partial charge >= 0.3 is 5.97 Å². The molecular weight excluding hydrogens is 272 g/mol. The Morgan fingerprint density at radius 1 is 1.67 bits per heavy atom. The number of nitrogens with zero attached hydrogens (tertiary/aromatic N) is 1. The van der Waals surface area contributed by atoms with E-state index in [1.54, 1.807) is 25.4 Å². The number of nitrogen functional groups attached to an aromatic ring is 1. The van der Waals surface area contributed by atoms with E-state index >= 15 is 0 Å². The molecule has 116 valence electrons. The molecule has 1 fully saturated rings. The van der Waals surface area contributed by atoms with Gasteiger partial charge in [0.25, 0.3) is 0 Å². The van der Waals surface area contributed by atoms with Crippen LogP contribution in [0.1, 0.15) is 45.3 Å². The topological polar surface area (TPSA) is 94.7 Å². The smallest absolute Gasteiger partial charge is 0.303 e. The van der Waals surface area contributed by atoms with Gasteiger partial charge in [0, 0.05) is 25.1 Å². The molecule has 0 aliphatic carbocycles. The summed E-state index contributed by atoms with van der Waals surface area (Å²) < 4.78 is 11.3. The lowest BCUT2D eigenvalue weighted by Crippen LogP contribution is -2.57. The number of nitrogens with two attached hydrogens (primary N) is 1. The van der Waals surface area contributed by atoms with E-state index < -0.39 is 23.8 Å². The Labute approximate surface area is 124 Å². The molecule has 1 aliphatic heterocycles. The molecule has 2 rings (SSSR count). The second-order valence-corrected chi connectivity index (χ2v) is 5.45. The van der Waals surface area contributed by atoms with E-state index in [9.17, 15) is 9.90 Å². The first kappa shape index (κ1) is 15.7. The van der Waals surface area contributed by atoms with E-state index in [0.717, 1.165) is 5.56 Å². The molecule has 3 N–H and O–H groups in total. The van der Waals surface area contributed by atoms with Gasteiger partial charge in [0.15, 0.2) is 0 Å². The fourth-order valence-corrected chi connectivity index (χ4v) is 2.86. The average Bonchev–Trinajstić information content (AvgIpc) is 2.43. The number of pyridine rings is 1. The minimum atomic E-state index is -1.19. The van der Waals surface area contributed by atoms with E-state index in [0.29, 0.717) is 18.5 Å². The van der Waals surface area contributed by atoms with Crippen molar-refractivity contribution >= 4 is 11.7 Å². The Hall–Kier alpha value is -1.66. The molecule has 4 atom stereocenters. The maximum atomic E-state index is 11.3. The molecule has 6 nitrogen and oxygen atoms in total. The number of aliphatic hydroxyl groups is 1. The summed E-state index contributed by atoms with van der Waals surface area (Å²) in [5, 5.41) is 10.7. The monoisotopic (exact) mass is 294 g/mol. The Bertz CT molecular complexity index is 522. The van der Waals surface area contributed by atoms with Gasteiger partial charge in [-0.2, -0.15) is 0 Å². The van der Waals surface area contributed by atoms with Crippen LogP contribution in [0.3, 0.4) is 0 Å². The van der Waals surface area contributed by atoms with Crippen molar-refractivity contribution in [3.63, 3.8) is 0 Å². The minimum absolute atomic E-state index is 0.334. The molecule has 6 heteroatoms. The number of ether oxygens (including phenoxy) is 2. The molecule has 2 heterocycles. The second-order valence-electron chi connectivity index (χ2n) is 5.45. The summed E-state index contributed by atoms with van der Waals surface area (Å²) in [5.41, 5.74) is 6.06. The molecule has 1 aromatic heterocycles. The molecule has 21 heavy (non-hydrogen) atoms. The molecule has 0 amide bonds. The second kappa shape index (κ2) is 5.99. The number of aromatic nitrogens is 1. The zero-order valence-electron chi connectivity index (χ0n) is 12.6. The molecule has 0 aromatic carbocycles. The molecule has 0 radical (unpaired) electrons. The van der Waals surface area contributed by atoms with Crippen molar-refractivity contribution in [3.8, 4) is 0 Å². The number of esters is 1. The number of carbonyl (C=O) groups is 1. The number of hydrogen-bond acceptors (Lipinski definition) is 6. The zero-order valence-corrected chi connectivity index (χ0v) is 12.6. The number of rotatable bonds is 3. The van der Waals surface area contributed by atoms with E-state index in [2.05, 4.69) is 4.98 Å². The molecule has 1 saturated heterocycles. The highest BCUT2D eigenvalue weighted by Crippen LogP contribution is 2.41. The lowest BCUT2D eigenvalue weighted by molar-refractivity contribution is -0.234. The average molecular weight is 294 g/mol. The first-order chi connectivity index (χ1) is 9.88. The van der Waals surface area contributed by atoms with Crippen molar-refractivity contribution in [2.45, 2.75) is 57.5 Å². The predicted octanol–water partition coefficient (Wildman–Crippen LogP) is 1.59. The fourth-order valence-electron chi connectivity index (χ4n) is 2.86. The van der Waals surface area contributed by atoms with Crippen LogP contribution in [-0.2, 0) is 14.3 Å². The van der Waals surface area contributed by atoms with Gasteiger partial charge in [-0.25, -0.2) is 0 Å². The van der Waals surface area contributed by atoms with Gasteiger partial charge in [-0.3, -0.25) is 9.78 Å². The number of carbonyl (C=O) groups excluding carboxylic acids is 1. The van der Waals surface area contributed by atoms with Crippen LogP contribution in [0.5, 0.6) is 0 Å². The quantitative estimate of drug-likeness (QED) is 0.822. The van der Waals surface area contributed by atoms with Crippen LogP contribution in [-0.4, -0.2) is 33.9 Å². The van der Waals surface area contributed by atoms with Gasteiger partial charge in [0.2, 0.25) is 0 Å². The fraction of sp³-hybridized carbons (Fsp3) is 0.600. The third-order valence-electron chi connectivity index (χ3n) is 4.17. The van der Waals surface area contributed by atoms with Gasteiger partial charge < -0.3 is 20.3 Å². The van der Waals surface area contributed by atoms with Crippen LogP contribution in [0.15, 0.2) is 18.5 Å². The van der Waals surface area contributed by atoms with Crippen molar-refractivity contribution < 1.29 is 19.4 Å². The predicted molar refractivity (Wildman–Crippen MR) is 77.3 cm³/mol. The highest BCUT2D eigenvalue weighted by Gasteiger charge is 2.49. The standard InChI is InChI=1S/C15H22N2O4/c1-4-15(19)9(2)20-13(7-14(15)21-10(3)18)11-5-6-17-8-12(11)16/h5-6,8-9,13-14,19H,4,7,16H2,1-3H3/t9-,13-,14-,15-/m1/s1. The zero-order chi connectivity index (χ0) is 15.6. The van der Waals surface area contributed by atoms with Crippen LogP contribution >= 0.6 is 0 Å². The van der Waals surface area contributed by atoms with E-state index in [-0.39, 0.29) is 6.10 Å². The molecule has 1 aromatic rings. The summed E-state index contributed by atoms with van der Waals surface area (Å²) in [6.07, 6.45) is 2.57. The van der Waals surface area contributed by atoms with Gasteiger partial charge in [0.05, 0.1) is 24.1 Å². The summed E-state index contributed by atoms with van der Waals surface area (Å²) in [4.78, 5) is 15.3. The Kier molecular flexibility index (Phi) is 4.49. The Morgan fingerprint density at radius 2 is 2.38 bits per heavy atom. The molecule has 0 unspecified atom stereocenters. The molecular formula is C15H22N2O4. The molecule has 0 bridgehead atoms. The SMILES string of the molecule is CC[C@@]1(O)[C@@H](C)O[C@@H](c2ccncc2N)C[C@H]1OC(C)=O. The summed E-state index contributed by atoms with van der Waals surface area (Å²) in [6, 6.07) is 1.79. The van der Waals surface area contributed by atoms with Crippen molar-refractivity contribution in [2.75, 3.05) is 5.73 Å². The lowest BCUT2D eigenvalue weighted by atomic mass is 9.81. The normalized spacial score (nSPS) is 32.7. The summed E-state index contributed by atoms with van der Waals surface area (Å²) in [7, 11) is 0. The maximum Gasteiger partial charge on any atom is 0.303 e. The van der Waals surface area contributed by atoms with Crippen molar-refractivity contribution in [2.24, 2.45) is 0 Å². The number of anilines is 1. The highest BCUT2D eigenvalue weighted by molar-refractivity contribution is 5.66. The Morgan fingerprint density at radius 3 is 2.95 bits per heavy atom. The minimum Gasteiger partial charge on any atom is -0.459 e. The third-order valence-corrected chi connectivity index (χ3v) is 4.17. The van der Waals surface area contributed by atoms with Crippen molar-refractivity contribution in [3.05, 3.63) is 24.0 Å². The van der Waals surface area contributed by atoms with Gasteiger partial charge in [0.1, 0.15) is 11.7 Å². The van der Waals surface area contributed by atoms with E-state index in [1.165, 1.54) is 6.92 Å². The van der Waals surface area contributed by atoms with Crippen molar-refractivity contribution in [1.29, 1.82) is 0 Å². The van der Waals surface area contributed by atoms with Crippen LogP contribution in [0.4, 0.5) is 5.69 Å². The number of hydrogen-bond donors (Lipinski definition) is 2. The maximum absolute atomic E-state index is 11.3. The first-order valence-corrected chi connectivity index (χ1v) is 7.13. The van der Waals surface area contributed by atoms with E-state index in [4.69, 9.17) is 15.2 Å². The van der Waals surface area contributed by atoms with Crippen LogP contribution < -0.4 is 5.73 Å². The highest BCUT2D eigenvalue weighted by atomic mass is 16.6. The third kappa shape index (κ3) is 3.01. The summed E-state index contributed by atoms with van der Waals surface area (Å²) >= 11 is 0.